The van der Waals surface area contributed by atoms with Crippen molar-refractivity contribution in [3.05, 3.63) is 5.82 Å². The molecule has 6 nitrogen and oxygen atoms in total. The van der Waals surface area contributed by atoms with Crippen LogP contribution in [0.5, 0.6) is 0 Å². The van der Waals surface area contributed by atoms with E-state index in [9.17, 15) is 4.79 Å². The van der Waals surface area contributed by atoms with E-state index in [1.165, 1.54) is 6.42 Å². The maximum Gasteiger partial charge on any atom is 0.221 e. The van der Waals surface area contributed by atoms with Crippen molar-refractivity contribution in [2.75, 3.05) is 19.3 Å². The molecule has 1 aromatic heterocycles. The Morgan fingerprint density at radius 2 is 2.25 bits per heavy atom. The third kappa shape index (κ3) is 6.61. The SMILES string of the molecule is CSc1nnc(CCCNC(=O)CC2CCCN2)n1CC(C)C.Cl. The first kappa shape index (κ1) is 21.3. The summed E-state index contributed by atoms with van der Waals surface area (Å²) < 4.78 is 2.21. The highest BCUT2D eigenvalue weighted by molar-refractivity contribution is 7.98. The molecule has 1 atom stereocenters. The van der Waals surface area contributed by atoms with Crippen LogP contribution in [0.2, 0.25) is 0 Å². The Labute approximate surface area is 155 Å². The molecule has 0 radical (unpaired) electrons. The fraction of sp³-hybridized carbons (Fsp3) is 0.812. The molecule has 24 heavy (non-hydrogen) atoms. The van der Waals surface area contributed by atoms with E-state index in [1.807, 2.05) is 6.26 Å². The zero-order valence-corrected chi connectivity index (χ0v) is 16.5. The zero-order chi connectivity index (χ0) is 16.7. The minimum absolute atomic E-state index is 0. The third-order valence-corrected chi connectivity index (χ3v) is 4.68. The summed E-state index contributed by atoms with van der Waals surface area (Å²) in [5.74, 6) is 1.74. The van der Waals surface area contributed by atoms with Gasteiger partial charge in [-0.05, 0) is 38.0 Å². The molecule has 1 amide bonds. The predicted molar refractivity (Wildman–Crippen MR) is 101 cm³/mol. The van der Waals surface area contributed by atoms with E-state index in [4.69, 9.17) is 0 Å². The fourth-order valence-corrected chi connectivity index (χ4v) is 3.43. The second kappa shape index (κ2) is 10.9. The summed E-state index contributed by atoms with van der Waals surface area (Å²) in [6, 6.07) is 0.369. The first-order chi connectivity index (χ1) is 11.1. The molecule has 8 heteroatoms. The molecule has 1 saturated heterocycles. The summed E-state index contributed by atoms with van der Waals surface area (Å²) in [4.78, 5) is 11.9. The summed E-state index contributed by atoms with van der Waals surface area (Å²) in [7, 11) is 0. The van der Waals surface area contributed by atoms with Crippen molar-refractivity contribution in [2.45, 2.75) is 63.7 Å². The molecule has 0 saturated carbocycles. The lowest BCUT2D eigenvalue weighted by Crippen LogP contribution is -2.32. The Kier molecular flexibility index (Phi) is 9.69. The maximum atomic E-state index is 11.9. The van der Waals surface area contributed by atoms with Crippen molar-refractivity contribution in [3.8, 4) is 0 Å². The quantitative estimate of drug-likeness (QED) is 0.511. The number of amides is 1. The molecule has 1 aromatic rings. The molecule has 0 aromatic carbocycles. The molecule has 138 valence electrons. The van der Waals surface area contributed by atoms with E-state index in [2.05, 4.69) is 39.2 Å². The second-order valence-electron chi connectivity index (χ2n) is 6.56. The molecule has 1 aliphatic rings. The van der Waals surface area contributed by atoms with Crippen molar-refractivity contribution in [1.82, 2.24) is 25.4 Å². The van der Waals surface area contributed by atoms with Gasteiger partial charge in [-0.3, -0.25) is 4.79 Å². The van der Waals surface area contributed by atoms with Crippen LogP contribution in [0.25, 0.3) is 0 Å². The third-order valence-electron chi connectivity index (χ3n) is 4.02. The van der Waals surface area contributed by atoms with Crippen LogP contribution in [0, 0.1) is 5.92 Å². The van der Waals surface area contributed by atoms with Crippen LogP contribution >= 0.6 is 24.2 Å². The van der Waals surface area contributed by atoms with Crippen molar-refractivity contribution in [3.63, 3.8) is 0 Å². The summed E-state index contributed by atoms with van der Waals surface area (Å²) in [5.41, 5.74) is 0. The highest BCUT2D eigenvalue weighted by Crippen LogP contribution is 2.16. The van der Waals surface area contributed by atoms with Crippen molar-refractivity contribution in [1.29, 1.82) is 0 Å². The van der Waals surface area contributed by atoms with Crippen LogP contribution in [0.15, 0.2) is 5.16 Å². The second-order valence-corrected chi connectivity index (χ2v) is 7.33. The number of hydrogen-bond donors (Lipinski definition) is 2. The van der Waals surface area contributed by atoms with E-state index in [0.717, 1.165) is 43.3 Å². The minimum atomic E-state index is 0. The number of halogens is 1. The number of thioether (sulfide) groups is 1. The lowest BCUT2D eigenvalue weighted by Gasteiger charge is -2.12. The lowest BCUT2D eigenvalue weighted by molar-refractivity contribution is -0.121. The summed E-state index contributed by atoms with van der Waals surface area (Å²) >= 11 is 1.63. The van der Waals surface area contributed by atoms with E-state index < -0.39 is 0 Å². The average Bonchev–Trinajstić information content (AvgIpc) is 3.13. The average molecular weight is 376 g/mol. The summed E-state index contributed by atoms with van der Waals surface area (Å²) in [6.45, 7) is 7.09. The number of rotatable bonds is 9. The number of nitrogens with one attached hydrogen (secondary N) is 2. The Morgan fingerprint density at radius 3 is 2.88 bits per heavy atom. The van der Waals surface area contributed by atoms with Crippen molar-refractivity contribution < 1.29 is 4.79 Å². The highest BCUT2D eigenvalue weighted by Gasteiger charge is 2.17. The molecule has 1 unspecified atom stereocenters. The van der Waals surface area contributed by atoms with Crippen LogP contribution in [-0.2, 0) is 17.8 Å². The molecular weight excluding hydrogens is 346 g/mol. The normalized spacial score (nSPS) is 17.1. The number of carbonyl (C=O) groups is 1. The van der Waals surface area contributed by atoms with Gasteiger partial charge in [0.25, 0.3) is 0 Å². The van der Waals surface area contributed by atoms with Gasteiger partial charge in [0.1, 0.15) is 5.82 Å². The monoisotopic (exact) mass is 375 g/mol. The number of nitrogens with zero attached hydrogens (tertiary/aromatic N) is 3. The van der Waals surface area contributed by atoms with Gasteiger partial charge in [0.15, 0.2) is 5.16 Å². The van der Waals surface area contributed by atoms with Crippen LogP contribution in [-0.4, -0.2) is 46.1 Å². The van der Waals surface area contributed by atoms with Gasteiger partial charge in [0, 0.05) is 32.0 Å². The standard InChI is InChI=1S/C16H29N5OS.ClH/c1-12(2)11-21-14(19-20-16(21)23-3)7-5-9-18-15(22)10-13-6-4-8-17-13;/h12-13,17H,4-11H2,1-3H3,(H,18,22);1H. The van der Waals surface area contributed by atoms with Crippen LogP contribution < -0.4 is 10.6 Å². The van der Waals surface area contributed by atoms with Crippen molar-refractivity contribution >= 4 is 30.1 Å². The summed E-state index contributed by atoms with van der Waals surface area (Å²) in [6.07, 6.45) is 6.67. The highest BCUT2D eigenvalue weighted by atomic mass is 35.5. The first-order valence-electron chi connectivity index (χ1n) is 8.56. The Morgan fingerprint density at radius 1 is 1.46 bits per heavy atom. The Balaban J connectivity index is 0.00000288. The minimum Gasteiger partial charge on any atom is -0.356 e. The van der Waals surface area contributed by atoms with Gasteiger partial charge in [-0.1, -0.05) is 25.6 Å². The number of aryl methyl sites for hydroxylation is 1. The van der Waals surface area contributed by atoms with Crippen molar-refractivity contribution in [2.24, 2.45) is 5.92 Å². The molecule has 2 rings (SSSR count). The van der Waals surface area contributed by atoms with E-state index in [-0.39, 0.29) is 18.3 Å². The van der Waals surface area contributed by atoms with Crippen LogP contribution in [0.4, 0.5) is 0 Å². The first-order valence-corrected chi connectivity index (χ1v) is 9.78. The molecule has 2 heterocycles. The molecule has 1 aliphatic heterocycles. The number of aromatic nitrogens is 3. The van der Waals surface area contributed by atoms with Gasteiger partial charge >= 0.3 is 0 Å². The molecule has 0 bridgehead atoms. The van der Waals surface area contributed by atoms with Crippen LogP contribution in [0.1, 0.15) is 45.4 Å². The predicted octanol–water partition coefficient (Wildman–Crippen LogP) is 2.27. The Hall–Kier alpha value is -0.790. The molecule has 0 spiro atoms. The Bertz CT molecular complexity index is 503. The maximum absolute atomic E-state index is 11.9. The molecule has 1 fully saturated rings. The molecular formula is C16H30ClN5OS. The van der Waals surface area contributed by atoms with E-state index >= 15 is 0 Å². The van der Waals surface area contributed by atoms with Gasteiger partial charge in [0.05, 0.1) is 0 Å². The van der Waals surface area contributed by atoms with Gasteiger partial charge in [-0.15, -0.1) is 22.6 Å². The van der Waals surface area contributed by atoms with E-state index in [1.54, 1.807) is 11.8 Å². The van der Waals surface area contributed by atoms with Crippen LogP contribution in [0.3, 0.4) is 0 Å². The fourth-order valence-electron chi connectivity index (χ4n) is 2.90. The van der Waals surface area contributed by atoms with Gasteiger partial charge in [-0.2, -0.15) is 0 Å². The topological polar surface area (TPSA) is 71.8 Å². The smallest absolute Gasteiger partial charge is 0.221 e. The summed E-state index contributed by atoms with van der Waals surface area (Å²) in [5, 5.41) is 15.9. The zero-order valence-electron chi connectivity index (χ0n) is 14.9. The lowest BCUT2D eigenvalue weighted by atomic mass is 10.1. The van der Waals surface area contributed by atoms with Gasteiger partial charge in [-0.25, -0.2) is 0 Å². The number of hydrogen-bond acceptors (Lipinski definition) is 5. The largest absolute Gasteiger partial charge is 0.356 e. The molecule has 0 aliphatic carbocycles. The van der Waals surface area contributed by atoms with Gasteiger partial charge in [0.2, 0.25) is 5.91 Å². The van der Waals surface area contributed by atoms with E-state index in [0.29, 0.717) is 24.9 Å². The van der Waals surface area contributed by atoms with Gasteiger partial charge < -0.3 is 15.2 Å². The molecule has 2 N–H and O–H groups in total. The number of carbonyl (C=O) groups excluding carboxylic acids is 1.